The summed E-state index contributed by atoms with van der Waals surface area (Å²) in [6, 6.07) is 19.6. The van der Waals surface area contributed by atoms with Gasteiger partial charge in [0.15, 0.2) is 0 Å². The fraction of sp³-hybridized carbons (Fsp3) is 0.310. The summed E-state index contributed by atoms with van der Waals surface area (Å²) in [4.78, 5) is 29.6. The summed E-state index contributed by atoms with van der Waals surface area (Å²) in [6.07, 6.45) is 0. The Hall–Kier alpha value is -4.20. The Morgan fingerprint density at radius 1 is 1.03 bits per heavy atom. The molecule has 1 aromatic heterocycles. The predicted molar refractivity (Wildman–Crippen MR) is 145 cm³/mol. The number of ether oxygens (including phenoxy) is 1. The number of aryl methyl sites for hydroxylation is 2. The van der Waals surface area contributed by atoms with Gasteiger partial charge in [0.25, 0.3) is 0 Å². The molecule has 0 bridgehead atoms. The van der Waals surface area contributed by atoms with Crippen molar-refractivity contribution in [1.29, 1.82) is 0 Å². The van der Waals surface area contributed by atoms with Crippen LogP contribution in [0.4, 0.5) is 5.69 Å². The maximum Gasteiger partial charge on any atom is 0.249 e. The van der Waals surface area contributed by atoms with Gasteiger partial charge in [0, 0.05) is 11.2 Å². The molecule has 2 amide bonds. The Bertz CT molecular complexity index is 1440. The second-order valence-electron chi connectivity index (χ2n) is 10.2. The van der Waals surface area contributed by atoms with Gasteiger partial charge in [-0.2, -0.15) is 0 Å². The lowest BCUT2D eigenvalue weighted by atomic mass is 9.99. The van der Waals surface area contributed by atoms with Crippen LogP contribution >= 0.6 is 0 Å². The summed E-state index contributed by atoms with van der Waals surface area (Å²) in [5.41, 5.74) is 4.17. The molecule has 1 N–H and O–H groups in total. The molecule has 37 heavy (non-hydrogen) atoms. The van der Waals surface area contributed by atoms with Crippen molar-refractivity contribution in [2.24, 2.45) is 0 Å². The summed E-state index contributed by atoms with van der Waals surface area (Å²) in [5.74, 6) is 0.0124. The van der Waals surface area contributed by atoms with E-state index in [0.717, 1.165) is 16.6 Å². The van der Waals surface area contributed by atoms with Crippen LogP contribution in [0.15, 0.2) is 66.7 Å². The minimum Gasteiger partial charge on any atom is -0.497 e. The number of fused-ring (bicyclic) bond motifs is 1. The molecule has 0 saturated carbocycles. The molecular weight excluding hydrogens is 466 g/mol. The van der Waals surface area contributed by atoms with Gasteiger partial charge in [-0.15, -0.1) is 5.10 Å². The van der Waals surface area contributed by atoms with E-state index in [1.807, 2.05) is 95.3 Å². The van der Waals surface area contributed by atoms with Crippen molar-refractivity contribution in [3.8, 4) is 5.75 Å². The number of benzene rings is 3. The minimum absolute atomic E-state index is 0.0862. The van der Waals surface area contributed by atoms with E-state index in [-0.39, 0.29) is 18.4 Å². The van der Waals surface area contributed by atoms with E-state index in [1.54, 1.807) is 22.8 Å². The Balaban J connectivity index is 1.87. The third-order valence-electron chi connectivity index (χ3n) is 6.00. The molecule has 0 radical (unpaired) electrons. The van der Waals surface area contributed by atoms with Gasteiger partial charge in [0.1, 0.15) is 23.9 Å². The van der Waals surface area contributed by atoms with Crippen molar-refractivity contribution in [1.82, 2.24) is 20.3 Å². The van der Waals surface area contributed by atoms with Crippen LogP contribution in [-0.2, 0) is 16.1 Å². The third-order valence-corrected chi connectivity index (χ3v) is 6.00. The zero-order chi connectivity index (χ0) is 26.7. The van der Waals surface area contributed by atoms with Crippen molar-refractivity contribution in [2.75, 3.05) is 12.0 Å². The highest BCUT2D eigenvalue weighted by Gasteiger charge is 2.35. The highest BCUT2D eigenvalue weighted by Crippen LogP contribution is 2.33. The topological polar surface area (TPSA) is 89.4 Å². The Morgan fingerprint density at radius 2 is 1.78 bits per heavy atom. The van der Waals surface area contributed by atoms with Crippen LogP contribution in [0.5, 0.6) is 5.75 Å². The summed E-state index contributed by atoms with van der Waals surface area (Å²) in [5, 5.41) is 11.5. The molecule has 0 aliphatic heterocycles. The average molecular weight is 500 g/mol. The molecule has 1 heterocycles. The number of hydrogen-bond acceptors (Lipinski definition) is 5. The van der Waals surface area contributed by atoms with E-state index in [0.29, 0.717) is 22.5 Å². The highest BCUT2D eigenvalue weighted by atomic mass is 16.5. The maximum atomic E-state index is 14.2. The molecule has 8 heteroatoms. The SMILES string of the molecule is COc1cccc([C@@H](C(=O)NC(C)(C)C)N(C(=O)Cn2nnc3ccccc32)c2ccc(C)cc2C)c1. The first-order valence-corrected chi connectivity index (χ1v) is 12.2. The van der Waals surface area contributed by atoms with Gasteiger partial charge in [0.05, 0.1) is 12.6 Å². The van der Waals surface area contributed by atoms with Gasteiger partial charge < -0.3 is 10.1 Å². The Labute approximate surface area is 217 Å². The number of aromatic nitrogens is 3. The number of rotatable bonds is 7. The molecule has 0 aliphatic rings. The van der Waals surface area contributed by atoms with Gasteiger partial charge in [-0.25, -0.2) is 4.68 Å². The number of anilines is 1. The second-order valence-corrected chi connectivity index (χ2v) is 10.2. The predicted octanol–water partition coefficient (Wildman–Crippen LogP) is 4.75. The summed E-state index contributed by atoms with van der Waals surface area (Å²) < 4.78 is 7.01. The molecule has 4 aromatic rings. The molecule has 3 aromatic carbocycles. The number of methoxy groups -OCH3 is 1. The summed E-state index contributed by atoms with van der Waals surface area (Å²) in [6.45, 7) is 9.60. The van der Waals surface area contributed by atoms with E-state index < -0.39 is 11.6 Å². The first-order chi connectivity index (χ1) is 17.6. The van der Waals surface area contributed by atoms with Gasteiger partial charge in [-0.05, 0) is 76.1 Å². The highest BCUT2D eigenvalue weighted by molar-refractivity contribution is 6.02. The maximum absolute atomic E-state index is 14.2. The summed E-state index contributed by atoms with van der Waals surface area (Å²) >= 11 is 0. The number of carbonyl (C=O) groups excluding carboxylic acids is 2. The van der Waals surface area contributed by atoms with Gasteiger partial charge in [0.2, 0.25) is 11.8 Å². The Morgan fingerprint density at radius 3 is 2.49 bits per heavy atom. The van der Waals surface area contributed by atoms with Crippen LogP contribution in [-0.4, -0.2) is 39.5 Å². The lowest BCUT2D eigenvalue weighted by Crippen LogP contribution is -2.50. The number of nitrogens with zero attached hydrogens (tertiary/aromatic N) is 4. The van der Waals surface area contributed by atoms with E-state index in [2.05, 4.69) is 15.6 Å². The number of para-hydroxylation sites is 1. The van der Waals surface area contributed by atoms with Crippen LogP contribution in [0.2, 0.25) is 0 Å². The molecule has 0 aliphatic carbocycles. The van der Waals surface area contributed by atoms with Crippen LogP contribution in [0.25, 0.3) is 11.0 Å². The number of amides is 2. The van der Waals surface area contributed by atoms with E-state index >= 15 is 0 Å². The fourth-order valence-electron chi connectivity index (χ4n) is 4.40. The molecule has 8 nitrogen and oxygen atoms in total. The second kappa shape index (κ2) is 10.4. The lowest BCUT2D eigenvalue weighted by molar-refractivity contribution is -0.128. The lowest BCUT2D eigenvalue weighted by Gasteiger charge is -2.34. The van der Waals surface area contributed by atoms with Crippen LogP contribution in [0, 0.1) is 13.8 Å². The van der Waals surface area contributed by atoms with Crippen molar-refractivity contribution < 1.29 is 14.3 Å². The minimum atomic E-state index is -0.946. The number of carbonyl (C=O) groups is 2. The molecule has 192 valence electrons. The zero-order valence-electron chi connectivity index (χ0n) is 22.1. The van der Waals surface area contributed by atoms with Gasteiger partial charge >= 0.3 is 0 Å². The van der Waals surface area contributed by atoms with E-state index in [4.69, 9.17) is 4.74 Å². The number of hydrogen-bond donors (Lipinski definition) is 1. The van der Waals surface area contributed by atoms with E-state index in [1.165, 1.54) is 0 Å². The average Bonchev–Trinajstić information content (AvgIpc) is 3.24. The van der Waals surface area contributed by atoms with Crippen LogP contribution in [0.1, 0.15) is 43.5 Å². The summed E-state index contributed by atoms with van der Waals surface area (Å²) in [7, 11) is 1.58. The first kappa shape index (κ1) is 25.9. The van der Waals surface area contributed by atoms with E-state index in [9.17, 15) is 9.59 Å². The molecule has 1 atom stereocenters. The molecule has 0 fully saturated rings. The molecule has 0 saturated heterocycles. The Kier molecular flexibility index (Phi) is 7.29. The third kappa shape index (κ3) is 5.80. The smallest absolute Gasteiger partial charge is 0.249 e. The van der Waals surface area contributed by atoms with Gasteiger partial charge in [-0.3, -0.25) is 14.5 Å². The standard InChI is InChI=1S/C29H33N5O3/c1-19-14-15-24(20(2)16-19)34(26(35)18-33-25-13-8-7-12-23(25)31-32-33)27(28(36)30-29(3,4)5)21-10-9-11-22(17-21)37-6/h7-17,27H,18H2,1-6H3,(H,30,36)/t27-/m0/s1. The quantitative estimate of drug-likeness (QED) is 0.397. The van der Waals surface area contributed by atoms with Crippen molar-refractivity contribution in [2.45, 2.75) is 52.7 Å². The molecule has 0 spiro atoms. The largest absolute Gasteiger partial charge is 0.497 e. The fourth-order valence-corrected chi connectivity index (χ4v) is 4.40. The normalized spacial score (nSPS) is 12.3. The first-order valence-electron chi connectivity index (χ1n) is 12.2. The molecule has 0 unspecified atom stereocenters. The van der Waals surface area contributed by atoms with Crippen molar-refractivity contribution in [3.05, 3.63) is 83.4 Å². The van der Waals surface area contributed by atoms with Crippen LogP contribution in [0.3, 0.4) is 0 Å². The van der Waals surface area contributed by atoms with Gasteiger partial charge in [-0.1, -0.05) is 47.2 Å². The molecule has 4 rings (SSSR count). The molecular formula is C29H33N5O3. The van der Waals surface area contributed by atoms with Crippen LogP contribution < -0.4 is 15.0 Å². The van der Waals surface area contributed by atoms with Crippen molar-refractivity contribution in [3.63, 3.8) is 0 Å². The zero-order valence-corrected chi connectivity index (χ0v) is 22.1. The monoisotopic (exact) mass is 499 g/mol. The van der Waals surface area contributed by atoms with Crippen molar-refractivity contribution >= 4 is 28.5 Å². The number of nitrogens with one attached hydrogen (secondary N) is 1.